The summed E-state index contributed by atoms with van der Waals surface area (Å²) in [5.41, 5.74) is 2.06. The van der Waals surface area contributed by atoms with Crippen LogP contribution in [0.25, 0.3) is 0 Å². The van der Waals surface area contributed by atoms with Crippen LogP contribution in [0.1, 0.15) is 17.4 Å². The van der Waals surface area contributed by atoms with Crippen LogP contribution < -0.4 is 16.0 Å². The maximum absolute atomic E-state index is 12.3. The molecule has 7 nitrogen and oxygen atoms in total. The molecule has 1 aromatic heterocycles. The van der Waals surface area contributed by atoms with E-state index in [0.717, 1.165) is 5.69 Å². The first-order valence-electron chi connectivity index (χ1n) is 8.03. The second-order valence-electron chi connectivity index (χ2n) is 5.64. The lowest BCUT2D eigenvalue weighted by Crippen LogP contribution is -2.14. The highest BCUT2D eigenvalue weighted by atomic mass is 35.5. The Bertz CT molecular complexity index is 976. The molecule has 27 heavy (non-hydrogen) atoms. The van der Waals surface area contributed by atoms with Gasteiger partial charge >= 0.3 is 0 Å². The van der Waals surface area contributed by atoms with E-state index in [4.69, 9.17) is 11.6 Å². The lowest BCUT2D eigenvalue weighted by molar-refractivity contribution is -0.114. The van der Waals surface area contributed by atoms with Gasteiger partial charge in [-0.15, -0.1) is 0 Å². The van der Waals surface area contributed by atoms with Crippen LogP contribution in [-0.2, 0) is 4.79 Å². The molecule has 3 N–H and O–H groups in total. The number of halogens is 1. The number of anilines is 4. The molecule has 136 valence electrons. The van der Waals surface area contributed by atoms with Gasteiger partial charge in [-0.1, -0.05) is 23.7 Å². The molecule has 0 aliphatic rings. The number of rotatable bonds is 5. The lowest BCUT2D eigenvalue weighted by atomic mass is 10.2. The molecule has 0 aliphatic carbocycles. The molecule has 3 aromatic rings. The molecule has 0 saturated carbocycles. The van der Waals surface area contributed by atoms with Gasteiger partial charge in [0.05, 0.1) is 12.4 Å². The van der Waals surface area contributed by atoms with Gasteiger partial charge in [0.1, 0.15) is 11.5 Å². The number of hydrogen-bond donors (Lipinski definition) is 3. The summed E-state index contributed by atoms with van der Waals surface area (Å²) >= 11 is 5.94. The van der Waals surface area contributed by atoms with Gasteiger partial charge in [-0.3, -0.25) is 9.59 Å². The summed E-state index contributed by atoms with van der Waals surface area (Å²) < 4.78 is 0. The smallest absolute Gasteiger partial charge is 0.275 e. The second-order valence-corrected chi connectivity index (χ2v) is 6.07. The molecule has 0 saturated heterocycles. The summed E-state index contributed by atoms with van der Waals surface area (Å²) in [6.07, 6.45) is 2.84. The molecule has 0 bridgehead atoms. The standard InChI is InChI=1S/C19H16ClN5O2/c1-12(26)23-15-6-3-7-16(9-15)25-19(27)17-10-22-18(11-21-17)24-14-5-2-4-13(20)8-14/h2-11H,1H3,(H,22,24)(H,23,26)(H,25,27). The summed E-state index contributed by atoms with van der Waals surface area (Å²) in [6.45, 7) is 1.42. The fourth-order valence-electron chi connectivity index (χ4n) is 2.30. The number of hydrogen-bond acceptors (Lipinski definition) is 5. The zero-order valence-corrected chi connectivity index (χ0v) is 15.1. The Hall–Kier alpha value is -3.45. The Morgan fingerprint density at radius 2 is 1.59 bits per heavy atom. The average Bonchev–Trinajstić information content (AvgIpc) is 2.62. The average molecular weight is 382 g/mol. The number of amides is 2. The minimum absolute atomic E-state index is 0.163. The molecular formula is C19H16ClN5O2. The van der Waals surface area contributed by atoms with Crippen molar-refractivity contribution < 1.29 is 9.59 Å². The van der Waals surface area contributed by atoms with E-state index < -0.39 is 5.91 Å². The normalized spacial score (nSPS) is 10.1. The minimum atomic E-state index is -0.406. The molecule has 0 spiro atoms. The largest absolute Gasteiger partial charge is 0.339 e. The second kappa shape index (κ2) is 8.29. The van der Waals surface area contributed by atoms with Gasteiger partial charge in [0.2, 0.25) is 5.91 Å². The Labute approximate surface area is 160 Å². The van der Waals surface area contributed by atoms with E-state index in [1.54, 1.807) is 36.4 Å². The number of carbonyl (C=O) groups is 2. The SMILES string of the molecule is CC(=O)Nc1cccc(NC(=O)c2cnc(Nc3cccc(Cl)c3)cn2)c1. The van der Waals surface area contributed by atoms with Crippen LogP contribution in [0, 0.1) is 0 Å². The van der Waals surface area contributed by atoms with Crippen LogP contribution in [0.3, 0.4) is 0 Å². The van der Waals surface area contributed by atoms with Crippen molar-refractivity contribution in [3.8, 4) is 0 Å². The Balaban J connectivity index is 1.66. The fourth-order valence-corrected chi connectivity index (χ4v) is 2.49. The first-order chi connectivity index (χ1) is 13.0. The number of aromatic nitrogens is 2. The number of nitrogens with zero attached hydrogens (tertiary/aromatic N) is 2. The number of carbonyl (C=O) groups excluding carboxylic acids is 2. The van der Waals surface area contributed by atoms with Crippen LogP contribution in [0.15, 0.2) is 60.9 Å². The Morgan fingerprint density at radius 1 is 0.889 bits per heavy atom. The first-order valence-corrected chi connectivity index (χ1v) is 8.41. The predicted molar refractivity (Wildman–Crippen MR) is 105 cm³/mol. The third-order valence-corrected chi connectivity index (χ3v) is 3.66. The third kappa shape index (κ3) is 5.26. The number of nitrogens with one attached hydrogen (secondary N) is 3. The lowest BCUT2D eigenvalue weighted by Gasteiger charge is -2.08. The quantitative estimate of drug-likeness (QED) is 0.618. The van der Waals surface area contributed by atoms with E-state index in [9.17, 15) is 9.59 Å². The van der Waals surface area contributed by atoms with Crippen LogP contribution in [-0.4, -0.2) is 21.8 Å². The van der Waals surface area contributed by atoms with Crippen LogP contribution in [0.5, 0.6) is 0 Å². The fraction of sp³-hybridized carbons (Fsp3) is 0.0526. The summed E-state index contributed by atoms with van der Waals surface area (Å²) in [5, 5.41) is 9.03. The van der Waals surface area contributed by atoms with E-state index in [-0.39, 0.29) is 11.6 Å². The van der Waals surface area contributed by atoms with Gasteiger partial charge in [0.15, 0.2) is 0 Å². The van der Waals surface area contributed by atoms with E-state index >= 15 is 0 Å². The van der Waals surface area contributed by atoms with Gasteiger partial charge in [0, 0.05) is 29.0 Å². The van der Waals surface area contributed by atoms with Gasteiger partial charge in [-0.25, -0.2) is 9.97 Å². The monoisotopic (exact) mass is 381 g/mol. The molecule has 3 rings (SSSR count). The van der Waals surface area contributed by atoms with Gasteiger partial charge in [0.25, 0.3) is 5.91 Å². The molecule has 2 aromatic carbocycles. The number of benzene rings is 2. The van der Waals surface area contributed by atoms with Gasteiger partial charge in [-0.05, 0) is 36.4 Å². The summed E-state index contributed by atoms with van der Waals surface area (Å²) in [5.74, 6) is -0.106. The van der Waals surface area contributed by atoms with E-state index in [1.807, 2.05) is 12.1 Å². The zero-order valence-electron chi connectivity index (χ0n) is 14.4. The van der Waals surface area contributed by atoms with Crippen molar-refractivity contribution in [3.05, 3.63) is 71.6 Å². The van der Waals surface area contributed by atoms with Gasteiger partial charge in [-0.2, -0.15) is 0 Å². The predicted octanol–water partition coefficient (Wildman–Crippen LogP) is 4.08. The molecule has 2 amide bonds. The van der Waals surface area contributed by atoms with Crippen molar-refractivity contribution >= 4 is 46.3 Å². The summed E-state index contributed by atoms with van der Waals surface area (Å²) in [6, 6.07) is 14.0. The topological polar surface area (TPSA) is 96.0 Å². The van der Waals surface area contributed by atoms with Crippen LogP contribution in [0.2, 0.25) is 5.02 Å². The third-order valence-electron chi connectivity index (χ3n) is 3.42. The van der Waals surface area contributed by atoms with E-state index in [2.05, 4.69) is 25.9 Å². The Morgan fingerprint density at radius 3 is 2.26 bits per heavy atom. The molecule has 0 atom stereocenters. The minimum Gasteiger partial charge on any atom is -0.339 e. The first kappa shape index (κ1) is 18.3. The molecule has 0 aliphatic heterocycles. The van der Waals surface area contributed by atoms with E-state index in [1.165, 1.54) is 19.3 Å². The highest BCUT2D eigenvalue weighted by Crippen LogP contribution is 2.19. The molecule has 1 heterocycles. The summed E-state index contributed by atoms with van der Waals surface area (Å²) in [7, 11) is 0. The maximum Gasteiger partial charge on any atom is 0.275 e. The van der Waals surface area contributed by atoms with Crippen molar-refractivity contribution in [1.29, 1.82) is 0 Å². The van der Waals surface area contributed by atoms with Crippen LogP contribution >= 0.6 is 11.6 Å². The molecule has 8 heteroatoms. The van der Waals surface area contributed by atoms with Crippen LogP contribution in [0.4, 0.5) is 22.9 Å². The van der Waals surface area contributed by atoms with Crippen molar-refractivity contribution in [2.24, 2.45) is 0 Å². The van der Waals surface area contributed by atoms with Crippen molar-refractivity contribution in [3.63, 3.8) is 0 Å². The molecule has 0 unspecified atom stereocenters. The molecule has 0 radical (unpaired) electrons. The van der Waals surface area contributed by atoms with Crippen molar-refractivity contribution in [2.75, 3.05) is 16.0 Å². The Kier molecular flexibility index (Phi) is 5.63. The van der Waals surface area contributed by atoms with Crippen molar-refractivity contribution in [2.45, 2.75) is 6.92 Å². The molecule has 0 fully saturated rings. The molecular weight excluding hydrogens is 366 g/mol. The zero-order chi connectivity index (χ0) is 19.2. The van der Waals surface area contributed by atoms with Gasteiger partial charge < -0.3 is 16.0 Å². The maximum atomic E-state index is 12.3. The highest BCUT2D eigenvalue weighted by Gasteiger charge is 2.09. The van der Waals surface area contributed by atoms with E-state index in [0.29, 0.717) is 22.2 Å². The summed E-state index contributed by atoms with van der Waals surface area (Å²) in [4.78, 5) is 31.8. The highest BCUT2D eigenvalue weighted by molar-refractivity contribution is 6.30. The van der Waals surface area contributed by atoms with Crippen molar-refractivity contribution in [1.82, 2.24) is 9.97 Å².